The summed E-state index contributed by atoms with van der Waals surface area (Å²) in [5, 5.41) is 3.92. The minimum absolute atomic E-state index is 0.110. The Morgan fingerprint density at radius 2 is 1.83 bits per heavy atom. The van der Waals surface area contributed by atoms with Crippen LogP contribution in [0.4, 0.5) is 0 Å². The lowest BCUT2D eigenvalue weighted by Crippen LogP contribution is -2.36. The van der Waals surface area contributed by atoms with Crippen LogP contribution in [0.2, 0.25) is 0 Å². The van der Waals surface area contributed by atoms with Crippen molar-refractivity contribution in [3.63, 3.8) is 0 Å². The molecule has 3 rings (SSSR count). The summed E-state index contributed by atoms with van der Waals surface area (Å²) in [6, 6.07) is 17.4. The lowest BCUT2D eigenvalue weighted by Gasteiger charge is -2.16. The second kappa shape index (κ2) is 6.62. The van der Waals surface area contributed by atoms with Gasteiger partial charge in [-0.15, -0.1) is 0 Å². The van der Waals surface area contributed by atoms with Gasteiger partial charge < -0.3 is 11.2 Å². The van der Waals surface area contributed by atoms with Crippen LogP contribution in [0.25, 0.3) is 10.9 Å². The van der Waals surface area contributed by atoms with Gasteiger partial charge in [0.2, 0.25) is 0 Å². The third kappa shape index (κ3) is 3.24. The lowest BCUT2D eigenvalue weighted by atomic mass is 10.1. The summed E-state index contributed by atoms with van der Waals surface area (Å²) in [4.78, 5) is 16.9. The van der Waals surface area contributed by atoms with E-state index in [1.807, 2.05) is 43.3 Å². The summed E-state index contributed by atoms with van der Waals surface area (Å²) in [5.41, 5.74) is 1.72. The van der Waals surface area contributed by atoms with Crippen molar-refractivity contribution in [2.24, 2.45) is 0 Å². The van der Waals surface area contributed by atoms with Gasteiger partial charge in [0, 0.05) is 0 Å². The van der Waals surface area contributed by atoms with E-state index in [1.54, 1.807) is 6.07 Å². The highest BCUT2D eigenvalue weighted by Gasteiger charge is 2.14. The van der Waals surface area contributed by atoms with Gasteiger partial charge >= 0.3 is 0 Å². The minimum Gasteiger partial charge on any atom is -0.335 e. The monoisotopic (exact) mass is 308 g/mol. The highest BCUT2D eigenvalue weighted by atomic mass is 16.1. The van der Waals surface area contributed by atoms with E-state index in [4.69, 9.17) is 5.84 Å². The summed E-state index contributed by atoms with van der Waals surface area (Å²) in [6.45, 7) is 2.75. The van der Waals surface area contributed by atoms with E-state index in [2.05, 4.69) is 22.4 Å². The number of nitrogen functional groups attached to an aromatic ring is 1. The molecule has 2 aromatic carbocycles. The zero-order valence-corrected chi connectivity index (χ0v) is 13.1. The molecule has 0 aliphatic heterocycles. The van der Waals surface area contributed by atoms with E-state index >= 15 is 0 Å². The molecule has 0 amide bonds. The molecule has 0 bridgehead atoms. The summed E-state index contributed by atoms with van der Waals surface area (Å²) < 4.78 is 1.14. The predicted molar refractivity (Wildman–Crippen MR) is 92.7 cm³/mol. The number of para-hydroxylation sites is 1. The molecule has 1 heterocycles. The Labute approximate surface area is 134 Å². The molecule has 0 aliphatic carbocycles. The molecule has 1 aromatic heterocycles. The van der Waals surface area contributed by atoms with Crippen LogP contribution in [0.1, 0.15) is 24.4 Å². The highest BCUT2D eigenvalue weighted by molar-refractivity contribution is 5.77. The van der Waals surface area contributed by atoms with Crippen LogP contribution in [0.15, 0.2) is 59.4 Å². The molecular formula is C18H20N4O. The maximum atomic E-state index is 12.3. The maximum absolute atomic E-state index is 12.3. The Morgan fingerprint density at radius 1 is 1.13 bits per heavy atom. The lowest BCUT2D eigenvalue weighted by molar-refractivity contribution is 0.531. The average molecular weight is 308 g/mol. The van der Waals surface area contributed by atoms with E-state index < -0.39 is 0 Å². The van der Waals surface area contributed by atoms with Crippen molar-refractivity contribution in [1.82, 2.24) is 15.0 Å². The predicted octanol–water partition coefficient (Wildman–Crippen LogP) is 2.00. The minimum atomic E-state index is -0.220. The molecule has 0 saturated carbocycles. The molecule has 0 saturated heterocycles. The molecule has 3 aromatic rings. The number of rotatable bonds is 5. The van der Waals surface area contributed by atoms with Crippen molar-refractivity contribution in [1.29, 1.82) is 0 Å². The summed E-state index contributed by atoms with van der Waals surface area (Å²) >= 11 is 0. The molecule has 0 spiro atoms. The molecule has 0 radical (unpaired) electrons. The quantitative estimate of drug-likeness (QED) is 0.707. The average Bonchev–Trinajstić information content (AvgIpc) is 2.59. The Balaban J connectivity index is 1.77. The van der Waals surface area contributed by atoms with Crippen LogP contribution in [0.5, 0.6) is 0 Å². The van der Waals surface area contributed by atoms with Gasteiger partial charge in [-0.05, 0) is 37.6 Å². The van der Waals surface area contributed by atoms with E-state index in [9.17, 15) is 4.79 Å². The number of fused-ring (bicyclic) bond motifs is 1. The maximum Gasteiger partial charge on any atom is 0.279 e. The molecule has 5 heteroatoms. The molecule has 0 aliphatic rings. The highest BCUT2D eigenvalue weighted by Crippen LogP contribution is 2.12. The van der Waals surface area contributed by atoms with Crippen molar-refractivity contribution in [2.45, 2.75) is 19.4 Å². The molecule has 5 nitrogen and oxygen atoms in total. The van der Waals surface area contributed by atoms with E-state index in [0.29, 0.717) is 16.7 Å². The third-order valence-corrected chi connectivity index (χ3v) is 3.93. The molecule has 3 N–H and O–H groups in total. The number of nitrogens with one attached hydrogen (secondary N) is 1. The zero-order chi connectivity index (χ0) is 16.2. The Hall–Kier alpha value is -2.66. The van der Waals surface area contributed by atoms with Crippen LogP contribution in [0.3, 0.4) is 0 Å². The van der Waals surface area contributed by atoms with Crippen LogP contribution in [-0.4, -0.2) is 16.2 Å². The fraction of sp³-hybridized carbons (Fsp3) is 0.222. The first-order valence-corrected chi connectivity index (χ1v) is 7.71. The number of nitrogens with two attached hydrogens (primary N) is 1. The number of aromatic nitrogens is 2. The van der Waals surface area contributed by atoms with Crippen LogP contribution >= 0.6 is 0 Å². The number of hydrogen-bond donors (Lipinski definition) is 2. The van der Waals surface area contributed by atoms with Gasteiger partial charge in [-0.2, -0.15) is 0 Å². The topological polar surface area (TPSA) is 72.9 Å². The Morgan fingerprint density at radius 3 is 2.61 bits per heavy atom. The number of benzene rings is 2. The smallest absolute Gasteiger partial charge is 0.279 e. The first kappa shape index (κ1) is 15.2. The van der Waals surface area contributed by atoms with Gasteiger partial charge in [-0.1, -0.05) is 42.5 Å². The van der Waals surface area contributed by atoms with Gasteiger partial charge in [0.1, 0.15) is 5.82 Å². The second-order valence-corrected chi connectivity index (χ2v) is 5.57. The summed E-state index contributed by atoms with van der Waals surface area (Å²) in [5.74, 6) is 6.48. The van der Waals surface area contributed by atoms with Crippen LogP contribution in [0, 0.1) is 0 Å². The van der Waals surface area contributed by atoms with Gasteiger partial charge in [0.25, 0.3) is 5.56 Å². The Bertz CT molecular complexity index is 858. The van der Waals surface area contributed by atoms with Gasteiger partial charge in [0.15, 0.2) is 0 Å². The fourth-order valence-corrected chi connectivity index (χ4v) is 2.64. The van der Waals surface area contributed by atoms with Crippen LogP contribution < -0.4 is 16.7 Å². The Kier molecular flexibility index (Phi) is 4.39. The zero-order valence-electron chi connectivity index (χ0n) is 13.1. The van der Waals surface area contributed by atoms with Gasteiger partial charge in [0.05, 0.1) is 16.9 Å². The first-order chi connectivity index (χ1) is 11.2. The van der Waals surface area contributed by atoms with Gasteiger partial charge in [-0.3, -0.25) is 4.79 Å². The van der Waals surface area contributed by atoms with Crippen molar-refractivity contribution in [3.05, 3.63) is 76.3 Å². The first-order valence-electron chi connectivity index (χ1n) is 7.71. The molecule has 23 heavy (non-hydrogen) atoms. The molecular weight excluding hydrogens is 288 g/mol. The number of hydrogen-bond acceptors (Lipinski definition) is 4. The number of nitrogens with zero attached hydrogens (tertiary/aromatic N) is 2. The molecule has 118 valence electrons. The van der Waals surface area contributed by atoms with Crippen LogP contribution in [-0.2, 0) is 6.42 Å². The SMILES string of the molecule is CC(NCCc1ccccc1)c1nc2ccccc2c(=O)n1N. The summed E-state index contributed by atoms with van der Waals surface area (Å²) in [7, 11) is 0. The fourth-order valence-electron chi connectivity index (χ4n) is 2.64. The third-order valence-electron chi connectivity index (χ3n) is 3.93. The molecule has 1 unspecified atom stereocenters. The standard InChI is InChI=1S/C18H20N4O/c1-13(20-12-11-14-7-3-2-4-8-14)17-21-16-10-6-5-9-15(16)18(23)22(17)19/h2-10,13,20H,11-12,19H2,1H3. The summed E-state index contributed by atoms with van der Waals surface area (Å²) in [6.07, 6.45) is 0.910. The molecule has 0 fully saturated rings. The van der Waals surface area contributed by atoms with E-state index in [-0.39, 0.29) is 11.6 Å². The van der Waals surface area contributed by atoms with Crippen molar-refractivity contribution < 1.29 is 0 Å². The van der Waals surface area contributed by atoms with Crippen molar-refractivity contribution in [3.8, 4) is 0 Å². The normalized spacial score (nSPS) is 12.4. The van der Waals surface area contributed by atoms with E-state index in [1.165, 1.54) is 5.56 Å². The second-order valence-electron chi connectivity index (χ2n) is 5.57. The van der Waals surface area contributed by atoms with Gasteiger partial charge in [-0.25, -0.2) is 9.66 Å². The molecule has 1 atom stereocenters. The van der Waals surface area contributed by atoms with E-state index in [0.717, 1.165) is 17.6 Å². The largest absolute Gasteiger partial charge is 0.335 e. The van der Waals surface area contributed by atoms with Crippen molar-refractivity contribution >= 4 is 10.9 Å². The van der Waals surface area contributed by atoms with Crippen molar-refractivity contribution in [2.75, 3.05) is 12.4 Å².